The number of nitrogens with one attached hydrogen (secondary N) is 1. The quantitative estimate of drug-likeness (QED) is 0.768. The molecule has 0 aliphatic carbocycles. The largest absolute Gasteiger partial charge is 0.507 e. The van der Waals surface area contributed by atoms with Crippen LogP contribution >= 0.6 is 0 Å². The summed E-state index contributed by atoms with van der Waals surface area (Å²) in [5.74, 6) is 3.09. The van der Waals surface area contributed by atoms with Gasteiger partial charge >= 0.3 is 0 Å². The van der Waals surface area contributed by atoms with Crippen molar-refractivity contribution >= 4 is 5.82 Å². The second kappa shape index (κ2) is 6.55. The maximum atomic E-state index is 10.1. The molecule has 1 fully saturated rings. The van der Waals surface area contributed by atoms with E-state index >= 15 is 0 Å². The van der Waals surface area contributed by atoms with Crippen molar-refractivity contribution in [1.29, 1.82) is 0 Å². The van der Waals surface area contributed by atoms with Crippen LogP contribution < -0.4 is 4.90 Å². The molecule has 0 amide bonds. The number of imidazole rings is 1. The fourth-order valence-corrected chi connectivity index (χ4v) is 3.41. The van der Waals surface area contributed by atoms with Crippen LogP contribution in [-0.4, -0.2) is 38.1 Å². The van der Waals surface area contributed by atoms with E-state index in [9.17, 15) is 5.11 Å². The van der Waals surface area contributed by atoms with Gasteiger partial charge in [0.25, 0.3) is 0 Å². The number of H-pyrrole nitrogens is 1. The molecule has 6 nitrogen and oxygen atoms in total. The first-order valence-corrected chi connectivity index (χ1v) is 8.59. The van der Waals surface area contributed by atoms with E-state index in [0.717, 1.165) is 43.3 Å². The van der Waals surface area contributed by atoms with Crippen molar-refractivity contribution in [2.45, 2.75) is 25.7 Å². The maximum Gasteiger partial charge on any atom is 0.165 e. The molecule has 128 valence electrons. The number of phenols is 1. The number of piperidine rings is 1. The van der Waals surface area contributed by atoms with Crippen LogP contribution in [0.1, 0.15) is 30.3 Å². The summed E-state index contributed by atoms with van der Waals surface area (Å²) >= 11 is 0. The SMILES string of the molecule is Cc1cc(N2CCCC(c3ncc[nH]3)C2)nc(-c2ccccc2O)n1. The Hall–Kier alpha value is -2.89. The van der Waals surface area contributed by atoms with Gasteiger partial charge in [-0.25, -0.2) is 15.0 Å². The smallest absolute Gasteiger partial charge is 0.165 e. The number of nitrogens with zero attached hydrogens (tertiary/aromatic N) is 4. The predicted octanol–water partition coefficient (Wildman–Crippen LogP) is 3.26. The Morgan fingerprint density at radius 1 is 1.24 bits per heavy atom. The molecule has 1 atom stereocenters. The van der Waals surface area contributed by atoms with E-state index in [2.05, 4.69) is 19.9 Å². The zero-order valence-corrected chi connectivity index (χ0v) is 14.2. The Morgan fingerprint density at radius 2 is 2.12 bits per heavy atom. The standard InChI is InChI=1S/C19H21N5O/c1-13-11-17(23-19(22-13)15-6-2-3-7-16(15)25)24-10-4-5-14(12-24)18-20-8-9-21-18/h2-3,6-9,11,14,25H,4-5,10,12H2,1H3,(H,20,21). The normalized spacial score (nSPS) is 17.6. The minimum atomic E-state index is 0.200. The van der Waals surface area contributed by atoms with E-state index in [4.69, 9.17) is 4.98 Å². The van der Waals surface area contributed by atoms with Crippen LogP contribution in [0.3, 0.4) is 0 Å². The zero-order valence-electron chi connectivity index (χ0n) is 14.2. The lowest BCUT2D eigenvalue weighted by molar-refractivity contribution is 0.476. The number of aromatic nitrogens is 4. The number of phenolic OH excluding ortho intramolecular Hbond substituents is 1. The highest BCUT2D eigenvalue weighted by molar-refractivity contribution is 5.65. The monoisotopic (exact) mass is 335 g/mol. The number of hydrogen-bond donors (Lipinski definition) is 2. The molecule has 1 unspecified atom stereocenters. The van der Waals surface area contributed by atoms with Crippen molar-refractivity contribution < 1.29 is 5.11 Å². The molecule has 0 spiro atoms. The molecule has 0 bridgehead atoms. The van der Waals surface area contributed by atoms with Crippen LogP contribution in [-0.2, 0) is 0 Å². The van der Waals surface area contributed by atoms with Crippen LogP contribution in [0.15, 0.2) is 42.7 Å². The maximum absolute atomic E-state index is 10.1. The summed E-state index contributed by atoms with van der Waals surface area (Å²) in [5.41, 5.74) is 1.55. The van der Waals surface area contributed by atoms with E-state index in [1.807, 2.05) is 31.3 Å². The van der Waals surface area contributed by atoms with Crippen molar-refractivity contribution in [2.75, 3.05) is 18.0 Å². The summed E-state index contributed by atoms with van der Waals surface area (Å²) in [4.78, 5) is 19.2. The Labute approximate surface area is 146 Å². The molecule has 0 radical (unpaired) electrons. The summed E-state index contributed by atoms with van der Waals surface area (Å²) in [6.07, 6.45) is 5.90. The van der Waals surface area contributed by atoms with Gasteiger partial charge in [-0.1, -0.05) is 12.1 Å². The van der Waals surface area contributed by atoms with Gasteiger partial charge in [0.2, 0.25) is 0 Å². The van der Waals surface area contributed by atoms with Crippen LogP contribution in [0.5, 0.6) is 5.75 Å². The number of aromatic amines is 1. The minimum absolute atomic E-state index is 0.200. The van der Waals surface area contributed by atoms with E-state index < -0.39 is 0 Å². The average Bonchev–Trinajstić information content (AvgIpc) is 3.16. The van der Waals surface area contributed by atoms with Gasteiger partial charge in [0.1, 0.15) is 17.4 Å². The molecule has 2 aromatic heterocycles. The number of aromatic hydroxyl groups is 1. The number of anilines is 1. The first-order chi connectivity index (χ1) is 12.2. The third kappa shape index (κ3) is 3.20. The highest BCUT2D eigenvalue weighted by Crippen LogP contribution is 2.30. The summed E-state index contributed by atoms with van der Waals surface area (Å²) in [6.45, 7) is 3.81. The fraction of sp³-hybridized carbons (Fsp3) is 0.316. The summed E-state index contributed by atoms with van der Waals surface area (Å²) in [7, 11) is 0. The van der Waals surface area contributed by atoms with Crippen molar-refractivity contribution in [2.24, 2.45) is 0 Å². The van der Waals surface area contributed by atoms with Crippen molar-refractivity contribution in [3.8, 4) is 17.1 Å². The number of aryl methyl sites for hydroxylation is 1. The number of rotatable bonds is 3. The second-order valence-electron chi connectivity index (χ2n) is 6.47. The molecule has 4 rings (SSSR count). The van der Waals surface area contributed by atoms with Crippen molar-refractivity contribution in [3.05, 3.63) is 54.2 Å². The lowest BCUT2D eigenvalue weighted by Gasteiger charge is -2.33. The topological polar surface area (TPSA) is 77.9 Å². The molecule has 1 saturated heterocycles. The van der Waals surface area contributed by atoms with Crippen molar-refractivity contribution in [1.82, 2.24) is 19.9 Å². The van der Waals surface area contributed by atoms with Gasteiger partial charge in [-0.05, 0) is 31.9 Å². The van der Waals surface area contributed by atoms with Gasteiger partial charge in [-0.3, -0.25) is 0 Å². The Bertz CT molecular complexity index is 862. The Morgan fingerprint density at radius 3 is 2.92 bits per heavy atom. The summed E-state index contributed by atoms with van der Waals surface area (Å²) < 4.78 is 0. The molecular formula is C19H21N5O. The van der Waals surface area contributed by atoms with Gasteiger partial charge in [-0.2, -0.15) is 0 Å². The van der Waals surface area contributed by atoms with E-state index in [1.165, 1.54) is 0 Å². The molecule has 25 heavy (non-hydrogen) atoms. The molecule has 6 heteroatoms. The fourth-order valence-electron chi connectivity index (χ4n) is 3.41. The van der Waals surface area contributed by atoms with E-state index in [-0.39, 0.29) is 5.75 Å². The van der Waals surface area contributed by atoms with Crippen LogP contribution in [0, 0.1) is 6.92 Å². The minimum Gasteiger partial charge on any atom is -0.507 e. The Kier molecular flexibility index (Phi) is 4.09. The van der Waals surface area contributed by atoms with Gasteiger partial charge in [-0.15, -0.1) is 0 Å². The van der Waals surface area contributed by atoms with Crippen LogP contribution in [0.25, 0.3) is 11.4 Å². The molecule has 3 heterocycles. The molecule has 1 aliphatic rings. The summed E-state index contributed by atoms with van der Waals surface area (Å²) in [5, 5.41) is 10.1. The molecule has 2 N–H and O–H groups in total. The third-order valence-corrected chi connectivity index (χ3v) is 4.64. The molecule has 1 aliphatic heterocycles. The van der Waals surface area contributed by atoms with Crippen LogP contribution in [0.4, 0.5) is 5.82 Å². The highest BCUT2D eigenvalue weighted by Gasteiger charge is 2.24. The lowest BCUT2D eigenvalue weighted by Crippen LogP contribution is -2.35. The van der Waals surface area contributed by atoms with Gasteiger partial charge in [0.05, 0.1) is 5.56 Å². The molecule has 0 saturated carbocycles. The number of para-hydroxylation sites is 1. The van der Waals surface area contributed by atoms with Gasteiger partial charge < -0.3 is 15.0 Å². The van der Waals surface area contributed by atoms with Gasteiger partial charge in [0, 0.05) is 43.2 Å². The van der Waals surface area contributed by atoms with E-state index in [0.29, 0.717) is 17.3 Å². The van der Waals surface area contributed by atoms with Gasteiger partial charge in [0.15, 0.2) is 5.82 Å². The first-order valence-electron chi connectivity index (χ1n) is 8.59. The van der Waals surface area contributed by atoms with E-state index in [1.54, 1.807) is 18.3 Å². The Balaban J connectivity index is 1.65. The lowest BCUT2D eigenvalue weighted by atomic mass is 9.97. The van der Waals surface area contributed by atoms with Crippen molar-refractivity contribution in [3.63, 3.8) is 0 Å². The average molecular weight is 335 g/mol. The zero-order chi connectivity index (χ0) is 17.2. The third-order valence-electron chi connectivity index (χ3n) is 4.64. The first kappa shape index (κ1) is 15.6. The second-order valence-corrected chi connectivity index (χ2v) is 6.47. The summed E-state index contributed by atoms with van der Waals surface area (Å²) in [6, 6.07) is 9.20. The van der Waals surface area contributed by atoms with Crippen LogP contribution in [0.2, 0.25) is 0 Å². The predicted molar refractivity (Wildman–Crippen MR) is 96.6 cm³/mol. The number of hydrogen-bond acceptors (Lipinski definition) is 5. The number of benzene rings is 1. The molecule has 1 aromatic carbocycles. The highest BCUT2D eigenvalue weighted by atomic mass is 16.3. The molecule has 3 aromatic rings. The molecular weight excluding hydrogens is 314 g/mol.